The highest BCUT2D eigenvalue weighted by molar-refractivity contribution is 6.31. The molecule has 0 aliphatic carbocycles. The average molecular weight is 398 g/mol. The molecule has 1 aromatic heterocycles. The number of hydrogen-bond acceptors (Lipinski definition) is 4. The molecule has 0 radical (unpaired) electrons. The van der Waals surface area contributed by atoms with Crippen LogP contribution in [-0.4, -0.2) is 30.5 Å². The molecule has 28 heavy (non-hydrogen) atoms. The van der Waals surface area contributed by atoms with Crippen LogP contribution >= 0.6 is 11.6 Å². The minimum atomic E-state index is 0.735. The Morgan fingerprint density at radius 2 is 1.93 bits per heavy atom. The fourth-order valence-corrected chi connectivity index (χ4v) is 3.79. The van der Waals surface area contributed by atoms with E-state index in [1.807, 2.05) is 41.9 Å². The number of benzene rings is 2. The Labute approximate surface area is 170 Å². The zero-order valence-electron chi connectivity index (χ0n) is 16.4. The van der Waals surface area contributed by atoms with Crippen molar-refractivity contribution in [3.63, 3.8) is 0 Å². The first-order chi connectivity index (χ1) is 13.6. The second kappa shape index (κ2) is 7.76. The van der Waals surface area contributed by atoms with Crippen LogP contribution in [0, 0.1) is 6.92 Å². The molecule has 2 aromatic carbocycles. The van der Waals surface area contributed by atoms with Gasteiger partial charge in [-0.05, 0) is 56.0 Å². The standard InChI is InChI=1S/C22H24ClN3O2/c1-14-7-8-15(12-19(14)23)26-22-18(6-4-5-11-24-22)21(25-26)17-10-9-16(27-2)13-20(17)28-3/h7-10,12-13,24H,4-6,11H2,1-3H3. The number of aromatic nitrogens is 2. The lowest BCUT2D eigenvalue weighted by Crippen LogP contribution is -2.07. The molecule has 1 N–H and O–H groups in total. The molecule has 3 aromatic rings. The molecule has 4 rings (SSSR count). The fraction of sp³-hybridized carbons (Fsp3) is 0.318. The summed E-state index contributed by atoms with van der Waals surface area (Å²) in [5, 5.41) is 9.29. The molecule has 0 saturated carbocycles. The van der Waals surface area contributed by atoms with E-state index in [-0.39, 0.29) is 0 Å². The molecule has 0 unspecified atom stereocenters. The Morgan fingerprint density at radius 3 is 2.68 bits per heavy atom. The molecule has 146 valence electrons. The van der Waals surface area contributed by atoms with Crippen molar-refractivity contribution >= 4 is 17.4 Å². The maximum atomic E-state index is 6.39. The Balaban J connectivity index is 1.91. The van der Waals surface area contributed by atoms with Crippen LogP contribution in [0.25, 0.3) is 16.9 Å². The molecular weight excluding hydrogens is 374 g/mol. The molecule has 5 nitrogen and oxygen atoms in total. The summed E-state index contributed by atoms with van der Waals surface area (Å²) in [6, 6.07) is 11.9. The molecule has 2 heterocycles. The SMILES string of the molecule is COc1ccc(-c2nn(-c3ccc(C)c(Cl)c3)c3c2CCCCN3)c(OC)c1. The van der Waals surface area contributed by atoms with Gasteiger partial charge in [0.2, 0.25) is 0 Å². The predicted molar refractivity (Wildman–Crippen MR) is 113 cm³/mol. The van der Waals surface area contributed by atoms with Crippen LogP contribution in [0.15, 0.2) is 36.4 Å². The lowest BCUT2D eigenvalue weighted by atomic mass is 10.0. The molecular formula is C22H24ClN3O2. The van der Waals surface area contributed by atoms with Crippen molar-refractivity contribution in [2.75, 3.05) is 26.1 Å². The van der Waals surface area contributed by atoms with Gasteiger partial charge in [0.15, 0.2) is 0 Å². The van der Waals surface area contributed by atoms with Crippen LogP contribution in [-0.2, 0) is 6.42 Å². The second-order valence-corrected chi connectivity index (χ2v) is 7.38. The van der Waals surface area contributed by atoms with Crippen molar-refractivity contribution in [2.45, 2.75) is 26.2 Å². The lowest BCUT2D eigenvalue weighted by molar-refractivity contribution is 0.395. The van der Waals surface area contributed by atoms with Crippen molar-refractivity contribution in [3.8, 4) is 28.4 Å². The van der Waals surface area contributed by atoms with Crippen LogP contribution in [0.4, 0.5) is 5.82 Å². The van der Waals surface area contributed by atoms with E-state index in [0.29, 0.717) is 0 Å². The van der Waals surface area contributed by atoms with Gasteiger partial charge in [-0.25, -0.2) is 4.68 Å². The number of hydrogen-bond donors (Lipinski definition) is 1. The van der Waals surface area contributed by atoms with E-state index in [0.717, 1.165) is 70.7 Å². The summed E-state index contributed by atoms with van der Waals surface area (Å²) in [5.74, 6) is 2.54. The first-order valence-corrected chi connectivity index (χ1v) is 9.85. The lowest BCUT2D eigenvalue weighted by Gasteiger charge is -2.10. The first-order valence-electron chi connectivity index (χ1n) is 9.47. The summed E-state index contributed by atoms with van der Waals surface area (Å²) in [6.45, 7) is 2.93. The maximum absolute atomic E-state index is 6.39. The van der Waals surface area contributed by atoms with E-state index in [1.54, 1.807) is 14.2 Å². The van der Waals surface area contributed by atoms with Gasteiger partial charge < -0.3 is 14.8 Å². The zero-order valence-corrected chi connectivity index (χ0v) is 17.1. The van der Waals surface area contributed by atoms with Crippen LogP contribution in [0.3, 0.4) is 0 Å². The number of anilines is 1. The molecule has 0 atom stereocenters. The number of halogens is 1. The van der Waals surface area contributed by atoms with Crippen molar-refractivity contribution < 1.29 is 9.47 Å². The number of aryl methyl sites for hydroxylation is 1. The number of ether oxygens (including phenoxy) is 2. The summed E-state index contributed by atoms with van der Waals surface area (Å²) in [6.07, 6.45) is 3.21. The van der Waals surface area contributed by atoms with Gasteiger partial charge in [0.1, 0.15) is 23.0 Å². The first kappa shape index (κ1) is 18.7. The highest BCUT2D eigenvalue weighted by atomic mass is 35.5. The molecule has 1 aliphatic heterocycles. The van der Waals surface area contributed by atoms with Gasteiger partial charge in [0.05, 0.1) is 19.9 Å². The molecule has 6 heteroatoms. The minimum absolute atomic E-state index is 0.735. The van der Waals surface area contributed by atoms with Crippen molar-refractivity contribution in [1.82, 2.24) is 9.78 Å². The van der Waals surface area contributed by atoms with Gasteiger partial charge in [-0.3, -0.25) is 0 Å². The highest BCUT2D eigenvalue weighted by Crippen LogP contribution is 2.39. The van der Waals surface area contributed by atoms with E-state index in [2.05, 4.69) is 11.4 Å². The fourth-order valence-electron chi connectivity index (χ4n) is 3.61. The van der Waals surface area contributed by atoms with Gasteiger partial charge in [0, 0.05) is 28.8 Å². The summed E-state index contributed by atoms with van der Waals surface area (Å²) in [5.41, 5.74) is 5.09. The molecule has 0 amide bonds. The predicted octanol–water partition coefficient (Wildman–Crippen LogP) is 5.27. The van der Waals surface area contributed by atoms with Crippen LogP contribution in [0.1, 0.15) is 24.0 Å². The second-order valence-electron chi connectivity index (χ2n) is 6.97. The number of rotatable bonds is 4. The Kier molecular flexibility index (Phi) is 5.18. The van der Waals surface area contributed by atoms with E-state index in [9.17, 15) is 0 Å². The van der Waals surface area contributed by atoms with Gasteiger partial charge in [-0.15, -0.1) is 0 Å². The van der Waals surface area contributed by atoms with Gasteiger partial charge in [-0.1, -0.05) is 17.7 Å². The molecule has 0 bridgehead atoms. The number of nitrogens with zero attached hydrogens (tertiary/aromatic N) is 2. The molecule has 0 spiro atoms. The van der Waals surface area contributed by atoms with Crippen molar-refractivity contribution in [2.24, 2.45) is 0 Å². The minimum Gasteiger partial charge on any atom is -0.497 e. The monoisotopic (exact) mass is 397 g/mol. The van der Waals surface area contributed by atoms with Gasteiger partial charge in [-0.2, -0.15) is 5.10 Å². The summed E-state index contributed by atoms with van der Waals surface area (Å²) in [7, 11) is 3.33. The maximum Gasteiger partial charge on any atom is 0.133 e. The van der Waals surface area contributed by atoms with Crippen LogP contribution < -0.4 is 14.8 Å². The summed E-state index contributed by atoms with van der Waals surface area (Å²) < 4.78 is 13.0. The largest absolute Gasteiger partial charge is 0.497 e. The van der Waals surface area contributed by atoms with Crippen molar-refractivity contribution in [3.05, 3.63) is 52.5 Å². The highest BCUT2D eigenvalue weighted by Gasteiger charge is 2.24. The average Bonchev–Trinajstić information content (AvgIpc) is 2.90. The van der Waals surface area contributed by atoms with E-state index in [1.165, 1.54) is 5.56 Å². The number of methoxy groups -OCH3 is 2. The third-order valence-electron chi connectivity index (χ3n) is 5.19. The van der Waals surface area contributed by atoms with E-state index >= 15 is 0 Å². The smallest absolute Gasteiger partial charge is 0.133 e. The number of fused-ring (bicyclic) bond motifs is 1. The Morgan fingerprint density at radius 1 is 1.07 bits per heavy atom. The summed E-state index contributed by atoms with van der Waals surface area (Å²) >= 11 is 6.39. The normalized spacial score (nSPS) is 13.4. The van der Waals surface area contributed by atoms with Crippen molar-refractivity contribution in [1.29, 1.82) is 0 Å². The molecule has 0 fully saturated rings. The van der Waals surface area contributed by atoms with E-state index in [4.69, 9.17) is 26.2 Å². The third-order valence-corrected chi connectivity index (χ3v) is 5.60. The van der Waals surface area contributed by atoms with Crippen LogP contribution in [0.5, 0.6) is 11.5 Å². The Hall–Kier alpha value is -2.66. The quantitative estimate of drug-likeness (QED) is 0.651. The topological polar surface area (TPSA) is 48.3 Å². The van der Waals surface area contributed by atoms with E-state index < -0.39 is 0 Å². The van der Waals surface area contributed by atoms with Crippen LogP contribution in [0.2, 0.25) is 5.02 Å². The Bertz CT molecular complexity index is 1010. The third kappa shape index (κ3) is 3.31. The molecule has 1 aliphatic rings. The zero-order chi connectivity index (χ0) is 19.7. The van der Waals surface area contributed by atoms with Gasteiger partial charge >= 0.3 is 0 Å². The van der Waals surface area contributed by atoms with Gasteiger partial charge in [0.25, 0.3) is 0 Å². The molecule has 0 saturated heterocycles. The number of nitrogens with one attached hydrogen (secondary N) is 1. The summed E-state index contributed by atoms with van der Waals surface area (Å²) in [4.78, 5) is 0.